The van der Waals surface area contributed by atoms with Gasteiger partial charge in [-0.25, -0.2) is 9.59 Å². The van der Waals surface area contributed by atoms with Crippen LogP contribution in [-0.4, -0.2) is 116 Å². The maximum absolute atomic E-state index is 14.4. The average molecular weight is 1160 g/mol. The Kier molecular flexibility index (Phi) is 15.6. The van der Waals surface area contributed by atoms with Gasteiger partial charge in [0, 0.05) is 119 Å². The van der Waals surface area contributed by atoms with Crippen molar-refractivity contribution < 1.29 is 152 Å². The molecule has 1 saturated heterocycles. The van der Waals surface area contributed by atoms with Crippen LogP contribution in [0.4, 0.5) is 4.79 Å². The minimum atomic E-state index is -2.20. The van der Waals surface area contributed by atoms with Crippen LogP contribution in [-0.2, 0) is 33.3 Å². The molecule has 0 aromatic heterocycles. The number of alkyl carbamates (subject to hydrolysis) is 1. The van der Waals surface area contributed by atoms with Gasteiger partial charge in [-0.2, -0.15) is 0 Å². The molecule has 5 aliphatic rings. The number of nitrogens with one attached hydrogen (secondary N) is 1. The number of carbonyl (C=O) groups excluding carboxylic acids is 4. The first-order chi connectivity index (χ1) is 23.2. The molecule has 52 heavy (non-hydrogen) atoms. The van der Waals surface area contributed by atoms with E-state index >= 15 is 0 Å². The fourth-order valence-electron chi connectivity index (χ4n) is 9.52. The monoisotopic (exact) mass is 1160 g/mol. The van der Waals surface area contributed by atoms with E-state index in [0.29, 0.717) is 12.8 Å². The van der Waals surface area contributed by atoms with Gasteiger partial charge in [0.25, 0.3) is 0 Å². The average Bonchev–Trinajstić information content (AvgIpc) is 3.04. The van der Waals surface area contributed by atoms with Gasteiger partial charge in [-0.15, -0.1) is 0 Å². The van der Waals surface area contributed by atoms with Gasteiger partial charge in [0.05, 0.1) is 36.9 Å². The summed E-state index contributed by atoms with van der Waals surface area (Å²) in [5.41, 5.74) is -7.20. The normalized spacial score (nSPS) is 38.0. The number of aliphatic hydroxyl groups is 5. The number of esters is 2. The van der Waals surface area contributed by atoms with E-state index in [1.807, 2.05) is 13.8 Å². The number of Topliss-reactive ketones (excluding diaryl/α,β-unsaturated/α-hetero) is 1. The van der Waals surface area contributed by atoms with Gasteiger partial charge in [0.2, 0.25) is 0 Å². The topological polar surface area (TPSA) is 218 Å². The number of aliphatic hydroxyl groups excluding tert-OH is 3. The van der Waals surface area contributed by atoms with Crippen molar-refractivity contribution in [3.63, 3.8) is 0 Å². The Morgan fingerprint density at radius 3 is 2.17 bits per heavy atom. The van der Waals surface area contributed by atoms with Gasteiger partial charge < -0.3 is 49.8 Å². The predicted molar refractivity (Wildman–Crippen MR) is 175 cm³/mol. The first-order valence-electron chi connectivity index (χ1n) is 17.9. The molecule has 3 saturated carbocycles. The zero-order chi connectivity index (χ0) is 37.1. The smallest absolute Gasteiger partial charge is 0.407 e. The van der Waals surface area contributed by atoms with Crippen molar-refractivity contribution in [1.82, 2.24) is 5.32 Å². The van der Waals surface area contributed by atoms with E-state index in [4.69, 9.17) is 18.9 Å². The summed E-state index contributed by atoms with van der Waals surface area (Å²) < 4.78 is 22.6. The number of ether oxygens (including phenoxy) is 4. The Hall–Kier alpha value is 0.263. The van der Waals surface area contributed by atoms with E-state index < -0.39 is 101 Å². The molecular formula is C36H55Ac2NO13. The summed E-state index contributed by atoms with van der Waals surface area (Å²) in [4.78, 5) is 53.7. The Morgan fingerprint density at radius 1 is 1.02 bits per heavy atom. The van der Waals surface area contributed by atoms with Crippen molar-refractivity contribution in [2.75, 3.05) is 13.2 Å². The SMILES string of the molecule is CC(=O)O[C@H]1[C@@H]2[C@]3(O)CO[C@@H]3C[C@H](O)[C@@]2(C)C(=O)[C@H](O)C2=C(C)[C@@H](OC(=O)[C@H](O)[C@@H](NC(=O)OCC(C)C)C3CCCCC3)C[C@]1(O)C2(C)C.[Ac].[Ac]. The summed E-state index contributed by atoms with van der Waals surface area (Å²) in [5, 5.41) is 62.3. The number of amides is 1. The van der Waals surface area contributed by atoms with Crippen molar-refractivity contribution >= 4 is 23.8 Å². The van der Waals surface area contributed by atoms with Crippen molar-refractivity contribution in [3.05, 3.63) is 11.1 Å². The minimum absolute atomic E-state index is 0. The van der Waals surface area contributed by atoms with Crippen LogP contribution in [0.5, 0.6) is 0 Å². The van der Waals surface area contributed by atoms with Crippen LogP contribution in [0.3, 0.4) is 0 Å². The Balaban J connectivity index is 0.00000364. The van der Waals surface area contributed by atoms with Gasteiger partial charge in [-0.05, 0) is 49.7 Å². The molecule has 288 valence electrons. The molecule has 1 heterocycles. The minimum Gasteiger partial charge on any atom is -0.459 e. The summed E-state index contributed by atoms with van der Waals surface area (Å²) in [5.74, 6) is -4.43. The zero-order valence-electron chi connectivity index (χ0n) is 31.3. The summed E-state index contributed by atoms with van der Waals surface area (Å²) in [6.07, 6.45) is -6.49. The van der Waals surface area contributed by atoms with Gasteiger partial charge in [0.15, 0.2) is 11.9 Å². The molecule has 14 nitrogen and oxygen atoms in total. The second-order valence-corrected chi connectivity index (χ2v) is 16.4. The van der Waals surface area contributed by atoms with Crippen LogP contribution < -0.4 is 5.32 Å². The number of carbonyl (C=O) groups is 4. The molecule has 4 fully saturated rings. The molecule has 11 atom stereocenters. The van der Waals surface area contributed by atoms with Gasteiger partial charge in [-0.1, -0.05) is 47.0 Å². The number of hydrogen-bond acceptors (Lipinski definition) is 13. The molecule has 6 N–H and O–H groups in total. The summed E-state index contributed by atoms with van der Waals surface area (Å²) in [6.45, 7) is 10.8. The first kappa shape index (κ1) is 46.6. The van der Waals surface area contributed by atoms with E-state index in [2.05, 4.69) is 5.32 Å². The predicted octanol–water partition coefficient (Wildman–Crippen LogP) is 1.46. The van der Waals surface area contributed by atoms with Crippen LogP contribution in [0.25, 0.3) is 0 Å². The Labute approximate surface area is 377 Å². The van der Waals surface area contributed by atoms with Crippen molar-refractivity contribution in [3.8, 4) is 0 Å². The van der Waals surface area contributed by atoms with Crippen molar-refractivity contribution in [2.45, 2.75) is 147 Å². The summed E-state index contributed by atoms with van der Waals surface area (Å²) in [7, 11) is 0. The quantitative estimate of drug-likeness (QED) is 0.116. The van der Waals surface area contributed by atoms with Gasteiger partial charge in [0.1, 0.15) is 29.5 Å². The molecule has 16 heteroatoms. The largest absolute Gasteiger partial charge is 0.459 e. The standard InChI is InChI=1S/C36H55NO13.2Ac/c1-17(2)15-47-32(44)37-25(20-11-9-8-10-12-20)27(41)31(43)50-21-14-36(46)30(49-19(4)38)28-34(7,22(39)13-23-35(28,45)16-48-23)29(42)26(40)24(18(21)3)33(36,5)6;;/h17,20-23,25-28,30,39-41,45-46H,8-16H2,1-7H3,(H,37,44);;/t21-,22-,23+,25-,26+,27+,28-,30-,34+,35-,36+;;/m0../s1. The van der Waals surface area contributed by atoms with E-state index in [0.717, 1.165) is 26.2 Å². The van der Waals surface area contributed by atoms with Crippen LogP contribution >= 0.6 is 0 Å². The molecule has 2 radical (unpaired) electrons. The molecule has 0 aromatic carbocycles. The fraction of sp³-hybridized carbons (Fsp3) is 0.833. The van der Waals surface area contributed by atoms with E-state index in [9.17, 15) is 44.7 Å². The molecule has 2 bridgehead atoms. The molecule has 1 aliphatic heterocycles. The Bertz CT molecular complexity index is 1400. The van der Waals surface area contributed by atoms with Crippen LogP contribution in [0.15, 0.2) is 11.1 Å². The van der Waals surface area contributed by atoms with E-state index in [1.54, 1.807) is 20.8 Å². The first-order valence-corrected chi connectivity index (χ1v) is 17.9. The molecule has 0 spiro atoms. The number of hydrogen-bond donors (Lipinski definition) is 6. The summed E-state index contributed by atoms with van der Waals surface area (Å²) in [6, 6.07) is -1.04. The van der Waals surface area contributed by atoms with E-state index in [1.165, 1.54) is 6.92 Å². The molecule has 5 rings (SSSR count). The third-order valence-electron chi connectivity index (χ3n) is 12.5. The number of ketones is 1. The van der Waals surface area contributed by atoms with Crippen molar-refractivity contribution in [2.24, 2.45) is 28.6 Å². The second-order valence-electron chi connectivity index (χ2n) is 16.4. The molecular weight excluding hydrogens is 1110 g/mol. The van der Waals surface area contributed by atoms with Gasteiger partial charge >= 0.3 is 18.0 Å². The van der Waals surface area contributed by atoms with Crippen LogP contribution in [0, 0.1) is 117 Å². The maximum atomic E-state index is 14.4. The molecule has 4 aliphatic carbocycles. The van der Waals surface area contributed by atoms with E-state index in [-0.39, 0.29) is 131 Å². The number of fused-ring (bicyclic) bond motifs is 5. The van der Waals surface area contributed by atoms with Crippen molar-refractivity contribution in [1.29, 1.82) is 0 Å². The second kappa shape index (κ2) is 17.4. The van der Waals surface area contributed by atoms with Crippen LogP contribution in [0.2, 0.25) is 0 Å². The third kappa shape index (κ3) is 8.03. The summed E-state index contributed by atoms with van der Waals surface area (Å²) >= 11 is 0. The zero-order valence-corrected chi connectivity index (χ0v) is 40.8. The maximum Gasteiger partial charge on any atom is 0.407 e. The third-order valence-corrected chi connectivity index (χ3v) is 12.5. The Morgan fingerprint density at radius 2 is 1.63 bits per heavy atom. The molecule has 0 unspecified atom stereocenters. The number of rotatable bonds is 8. The van der Waals surface area contributed by atoms with Crippen LogP contribution in [0.1, 0.15) is 93.4 Å². The molecule has 0 aromatic rings. The molecule has 1 amide bonds. The van der Waals surface area contributed by atoms with Gasteiger partial charge in [-0.3, -0.25) is 9.59 Å². The fourth-order valence-corrected chi connectivity index (χ4v) is 9.52.